The van der Waals surface area contributed by atoms with Gasteiger partial charge in [-0.1, -0.05) is 24.6 Å². The van der Waals surface area contributed by atoms with Crippen molar-refractivity contribution in [3.63, 3.8) is 0 Å². The molecule has 0 aliphatic heterocycles. The van der Waals surface area contributed by atoms with Crippen molar-refractivity contribution in [2.24, 2.45) is 0 Å². The van der Waals surface area contributed by atoms with Crippen molar-refractivity contribution in [1.82, 2.24) is 9.97 Å². The molecule has 5 heteroatoms. The van der Waals surface area contributed by atoms with Gasteiger partial charge in [0, 0.05) is 21.6 Å². The van der Waals surface area contributed by atoms with Crippen molar-refractivity contribution in [2.45, 2.75) is 19.8 Å². The van der Waals surface area contributed by atoms with Gasteiger partial charge in [0.15, 0.2) is 0 Å². The van der Waals surface area contributed by atoms with Crippen LogP contribution in [0.3, 0.4) is 0 Å². The fraction of sp³-hybridized carbons (Fsp3) is 0.231. The highest BCUT2D eigenvalue weighted by Gasteiger charge is 2.10. The SMILES string of the molecule is CCc1cc2c(Cl)nc(Cc3cccs3)nc2s1. The van der Waals surface area contributed by atoms with E-state index < -0.39 is 0 Å². The molecule has 3 aromatic rings. The maximum Gasteiger partial charge on any atom is 0.141 e. The highest BCUT2D eigenvalue weighted by molar-refractivity contribution is 7.18. The Labute approximate surface area is 118 Å². The molecule has 0 fully saturated rings. The molecule has 0 saturated carbocycles. The normalized spacial score (nSPS) is 11.2. The van der Waals surface area contributed by atoms with E-state index in [0.29, 0.717) is 5.15 Å². The van der Waals surface area contributed by atoms with E-state index in [9.17, 15) is 0 Å². The Balaban J connectivity index is 2.03. The van der Waals surface area contributed by atoms with E-state index in [1.807, 2.05) is 6.07 Å². The van der Waals surface area contributed by atoms with Crippen LogP contribution < -0.4 is 0 Å². The van der Waals surface area contributed by atoms with E-state index in [4.69, 9.17) is 11.6 Å². The second-order valence-electron chi connectivity index (χ2n) is 3.97. The van der Waals surface area contributed by atoms with Crippen LogP contribution in [-0.2, 0) is 12.8 Å². The van der Waals surface area contributed by atoms with Gasteiger partial charge in [-0.2, -0.15) is 0 Å². The lowest BCUT2D eigenvalue weighted by molar-refractivity contribution is 1.01. The van der Waals surface area contributed by atoms with Crippen LogP contribution in [0.2, 0.25) is 5.15 Å². The summed E-state index contributed by atoms with van der Waals surface area (Å²) < 4.78 is 0. The third-order valence-corrected chi connectivity index (χ3v) is 5.04. The van der Waals surface area contributed by atoms with E-state index in [0.717, 1.165) is 28.9 Å². The number of fused-ring (bicyclic) bond motifs is 1. The number of thiophene rings is 2. The summed E-state index contributed by atoms with van der Waals surface area (Å²) in [5, 5.41) is 3.62. The van der Waals surface area contributed by atoms with Gasteiger partial charge in [0.2, 0.25) is 0 Å². The van der Waals surface area contributed by atoms with Crippen LogP contribution in [0.4, 0.5) is 0 Å². The lowest BCUT2D eigenvalue weighted by Crippen LogP contribution is -1.95. The molecule has 3 rings (SSSR count). The molecule has 0 N–H and O–H groups in total. The fourth-order valence-electron chi connectivity index (χ4n) is 1.80. The van der Waals surface area contributed by atoms with Gasteiger partial charge < -0.3 is 0 Å². The summed E-state index contributed by atoms with van der Waals surface area (Å²) in [6.45, 7) is 2.14. The van der Waals surface area contributed by atoms with Gasteiger partial charge in [-0.25, -0.2) is 9.97 Å². The Morgan fingerprint density at radius 2 is 2.17 bits per heavy atom. The Morgan fingerprint density at radius 3 is 2.89 bits per heavy atom. The maximum atomic E-state index is 6.23. The van der Waals surface area contributed by atoms with Crippen LogP contribution in [0.25, 0.3) is 10.2 Å². The zero-order valence-corrected chi connectivity index (χ0v) is 12.2. The number of aromatic nitrogens is 2. The van der Waals surface area contributed by atoms with Gasteiger partial charge in [0.05, 0.1) is 0 Å². The summed E-state index contributed by atoms with van der Waals surface area (Å²) in [6.07, 6.45) is 1.77. The lowest BCUT2D eigenvalue weighted by Gasteiger charge is -1.99. The Hall–Kier alpha value is -0.970. The van der Waals surface area contributed by atoms with Crippen molar-refractivity contribution in [1.29, 1.82) is 0 Å². The fourth-order valence-corrected chi connectivity index (χ4v) is 3.79. The van der Waals surface area contributed by atoms with Crippen molar-refractivity contribution in [3.8, 4) is 0 Å². The summed E-state index contributed by atoms with van der Waals surface area (Å²) in [4.78, 5) is 12.6. The minimum atomic E-state index is 0.572. The summed E-state index contributed by atoms with van der Waals surface area (Å²) in [5.41, 5.74) is 0. The zero-order valence-electron chi connectivity index (χ0n) is 9.81. The molecule has 0 aromatic carbocycles. The average Bonchev–Trinajstić information content (AvgIpc) is 2.97. The summed E-state index contributed by atoms with van der Waals surface area (Å²) in [6, 6.07) is 6.23. The second-order valence-corrected chi connectivity index (χ2v) is 6.48. The van der Waals surface area contributed by atoms with Gasteiger partial charge in [-0.3, -0.25) is 0 Å². The van der Waals surface area contributed by atoms with Gasteiger partial charge >= 0.3 is 0 Å². The zero-order chi connectivity index (χ0) is 12.5. The Morgan fingerprint density at radius 1 is 1.28 bits per heavy atom. The monoisotopic (exact) mass is 294 g/mol. The topological polar surface area (TPSA) is 25.8 Å². The number of rotatable bonds is 3. The first-order valence-electron chi connectivity index (χ1n) is 5.73. The highest BCUT2D eigenvalue weighted by Crippen LogP contribution is 2.29. The average molecular weight is 295 g/mol. The molecule has 0 bridgehead atoms. The van der Waals surface area contributed by atoms with Crippen molar-refractivity contribution < 1.29 is 0 Å². The van der Waals surface area contributed by atoms with E-state index >= 15 is 0 Å². The molecular weight excluding hydrogens is 284 g/mol. The lowest BCUT2D eigenvalue weighted by atomic mass is 10.3. The smallest absolute Gasteiger partial charge is 0.141 e. The molecule has 3 heterocycles. The second kappa shape index (κ2) is 4.96. The molecule has 0 aliphatic rings. The molecule has 0 saturated heterocycles. The molecule has 2 nitrogen and oxygen atoms in total. The number of aryl methyl sites for hydroxylation is 1. The van der Waals surface area contributed by atoms with Gasteiger partial charge in [0.1, 0.15) is 15.8 Å². The number of halogens is 1. The Bertz CT molecular complexity index is 674. The largest absolute Gasteiger partial charge is 0.222 e. The molecule has 0 spiro atoms. The molecule has 0 atom stereocenters. The van der Waals surface area contributed by atoms with Crippen molar-refractivity contribution >= 4 is 44.5 Å². The first-order valence-corrected chi connectivity index (χ1v) is 7.81. The van der Waals surface area contributed by atoms with Gasteiger partial charge in [-0.15, -0.1) is 22.7 Å². The van der Waals surface area contributed by atoms with Crippen LogP contribution >= 0.6 is 34.3 Å². The Kier molecular flexibility index (Phi) is 3.33. The third kappa shape index (κ3) is 2.28. The molecule has 0 radical (unpaired) electrons. The van der Waals surface area contributed by atoms with E-state index in [1.54, 1.807) is 22.7 Å². The van der Waals surface area contributed by atoms with E-state index in [1.165, 1.54) is 9.75 Å². The molecule has 92 valence electrons. The first-order chi connectivity index (χ1) is 8.76. The van der Waals surface area contributed by atoms with Gasteiger partial charge in [-0.05, 0) is 23.9 Å². The number of hydrogen-bond donors (Lipinski definition) is 0. The molecule has 18 heavy (non-hydrogen) atoms. The number of nitrogens with zero attached hydrogens (tertiary/aromatic N) is 2. The summed E-state index contributed by atoms with van der Waals surface area (Å²) in [5.74, 6) is 0.805. The quantitative estimate of drug-likeness (QED) is 0.662. The molecular formula is C13H11ClN2S2. The number of hydrogen-bond acceptors (Lipinski definition) is 4. The minimum absolute atomic E-state index is 0.572. The molecule has 0 unspecified atom stereocenters. The van der Waals surface area contributed by atoms with Gasteiger partial charge in [0.25, 0.3) is 0 Å². The van der Waals surface area contributed by atoms with Crippen molar-refractivity contribution in [2.75, 3.05) is 0 Å². The maximum absolute atomic E-state index is 6.23. The summed E-state index contributed by atoms with van der Waals surface area (Å²) >= 11 is 9.66. The third-order valence-electron chi connectivity index (χ3n) is 2.70. The minimum Gasteiger partial charge on any atom is -0.222 e. The van der Waals surface area contributed by atoms with Crippen LogP contribution in [0.1, 0.15) is 22.5 Å². The van der Waals surface area contributed by atoms with E-state index in [2.05, 4.69) is 34.4 Å². The first kappa shape index (κ1) is 12.1. The molecule has 3 aromatic heterocycles. The van der Waals surface area contributed by atoms with Crippen LogP contribution in [0.15, 0.2) is 23.6 Å². The standard InChI is InChI=1S/C13H11ClN2S2/c1-2-8-6-10-12(14)15-11(16-13(10)18-8)7-9-4-3-5-17-9/h3-6H,2,7H2,1H3. The molecule has 0 amide bonds. The van der Waals surface area contributed by atoms with Crippen LogP contribution in [0, 0.1) is 0 Å². The molecule has 0 aliphatic carbocycles. The highest BCUT2D eigenvalue weighted by atomic mass is 35.5. The predicted molar refractivity (Wildman–Crippen MR) is 78.9 cm³/mol. The van der Waals surface area contributed by atoms with E-state index in [-0.39, 0.29) is 0 Å². The summed E-state index contributed by atoms with van der Waals surface area (Å²) in [7, 11) is 0. The predicted octanol–water partition coefficient (Wildman–Crippen LogP) is 4.56. The van der Waals surface area contributed by atoms with Crippen molar-refractivity contribution in [3.05, 3.63) is 44.3 Å². The van der Waals surface area contributed by atoms with Crippen LogP contribution in [-0.4, -0.2) is 9.97 Å². The van der Waals surface area contributed by atoms with Crippen LogP contribution in [0.5, 0.6) is 0 Å².